The summed E-state index contributed by atoms with van der Waals surface area (Å²) >= 11 is 0. The number of aromatic nitrogens is 2. The van der Waals surface area contributed by atoms with E-state index in [1.165, 1.54) is 18.4 Å². The SMILES string of the molecule is C[C@H]1CCCN1Cc1nc2cc(NC(=O)c3ccc(C4CCN(CCC5CCN(c6ccc7c(c6)C(=O)N(C6CCC(=O)NC6=O)C7=O)CC5)CC4)cc3)ccc2[nH]1. The van der Waals surface area contributed by atoms with Crippen molar-refractivity contribution < 1.29 is 24.0 Å². The Bertz CT molecular complexity index is 2240. The maximum Gasteiger partial charge on any atom is 0.262 e. The lowest BCUT2D eigenvalue weighted by molar-refractivity contribution is -0.136. The van der Waals surface area contributed by atoms with Crippen molar-refractivity contribution in [1.82, 2.24) is 30.0 Å². The van der Waals surface area contributed by atoms with Gasteiger partial charge in [-0.2, -0.15) is 0 Å². The second kappa shape index (κ2) is 16.1. The summed E-state index contributed by atoms with van der Waals surface area (Å²) in [7, 11) is 0. The minimum absolute atomic E-state index is 0.103. The van der Waals surface area contributed by atoms with Gasteiger partial charge in [-0.3, -0.25) is 39.1 Å². The molecule has 0 spiro atoms. The first kappa shape index (κ1) is 38.1. The van der Waals surface area contributed by atoms with Crippen molar-refractivity contribution in [3.63, 3.8) is 0 Å². The third-order valence-corrected chi connectivity index (χ3v) is 13.3. The number of carbonyl (C=O) groups is 5. The molecular weight excluding hydrogens is 733 g/mol. The molecule has 5 amide bonds. The molecule has 0 radical (unpaired) electrons. The number of imidazole rings is 1. The van der Waals surface area contributed by atoms with Gasteiger partial charge in [0.05, 0.1) is 28.7 Å². The van der Waals surface area contributed by atoms with Crippen LogP contribution >= 0.6 is 0 Å². The molecule has 13 heteroatoms. The summed E-state index contributed by atoms with van der Waals surface area (Å²) in [6.07, 6.45) is 8.23. The summed E-state index contributed by atoms with van der Waals surface area (Å²) in [5, 5.41) is 5.32. The number of likely N-dealkylation sites (tertiary alicyclic amines) is 2. The number of amides is 5. The van der Waals surface area contributed by atoms with E-state index in [2.05, 4.69) is 49.4 Å². The molecule has 58 heavy (non-hydrogen) atoms. The Morgan fingerprint density at radius 1 is 0.828 bits per heavy atom. The van der Waals surface area contributed by atoms with Gasteiger partial charge < -0.3 is 20.1 Å². The van der Waals surface area contributed by atoms with Crippen molar-refractivity contribution in [2.24, 2.45) is 5.92 Å². The second-order valence-corrected chi connectivity index (χ2v) is 17.0. The monoisotopic (exact) mass is 784 g/mol. The number of imide groups is 2. The average Bonchev–Trinajstić information content (AvgIpc) is 3.91. The molecule has 0 aliphatic carbocycles. The van der Waals surface area contributed by atoms with Crippen LogP contribution in [0.1, 0.15) is 113 Å². The van der Waals surface area contributed by atoms with Crippen LogP contribution in [0.5, 0.6) is 0 Å². The molecule has 9 rings (SSSR count). The number of hydrogen-bond acceptors (Lipinski definition) is 9. The second-order valence-electron chi connectivity index (χ2n) is 17.0. The maximum absolute atomic E-state index is 13.3. The fraction of sp³-hybridized carbons (Fsp3) is 0.467. The van der Waals surface area contributed by atoms with Crippen molar-refractivity contribution in [2.75, 3.05) is 49.5 Å². The number of benzene rings is 3. The topological polar surface area (TPSA) is 151 Å². The first-order valence-corrected chi connectivity index (χ1v) is 21.1. The first-order valence-electron chi connectivity index (χ1n) is 21.1. The minimum atomic E-state index is -0.958. The summed E-state index contributed by atoms with van der Waals surface area (Å²) in [4.78, 5) is 80.3. The fourth-order valence-electron chi connectivity index (χ4n) is 9.73. The number of aromatic amines is 1. The van der Waals surface area contributed by atoms with Gasteiger partial charge in [-0.15, -0.1) is 0 Å². The molecule has 13 nitrogen and oxygen atoms in total. The van der Waals surface area contributed by atoms with Gasteiger partial charge in [-0.25, -0.2) is 4.98 Å². The van der Waals surface area contributed by atoms with Gasteiger partial charge in [0.1, 0.15) is 11.9 Å². The highest BCUT2D eigenvalue weighted by atomic mass is 16.2. The Balaban J connectivity index is 0.710. The van der Waals surface area contributed by atoms with Crippen molar-refractivity contribution in [3.05, 3.63) is 88.7 Å². The van der Waals surface area contributed by atoms with Crippen LogP contribution in [0.4, 0.5) is 11.4 Å². The smallest absolute Gasteiger partial charge is 0.262 e. The van der Waals surface area contributed by atoms with Gasteiger partial charge in [0.2, 0.25) is 11.8 Å². The average molecular weight is 785 g/mol. The normalized spacial score (nSPS) is 22.6. The standard InChI is InChI=1S/C45H52N8O5/c1-28-3-2-19-52(28)27-40-47-37-11-8-33(25-38(37)48-40)46-42(55)32-6-4-30(5-7-32)31-17-21-50(22-18-31)20-14-29-15-23-51(24-16-29)34-9-10-35-36(26-34)45(58)53(44(35)57)39-12-13-41(54)49-43(39)56/h4-11,25-26,28-29,31,39H,2-3,12-24,27H2,1H3,(H,46,55)(H,47,48)(H,49,54,56)/t28-,39?/m0/s1. The number of carbonyl (C=O) groups excluding carboxylic acids is 5. The van der Waals surface area contributed by atoms with E-state index in [9.17, 15) is 24.0 Å². The summed E-state index contributed by atoms with van der Waals surface area (Å²) in [5.41, 5.74) is 6.08. The van der Waals surface area contributed by atoms with Gasteiger partial charge in [0, 0.05) is 42.5 Å². The van der Waals surface area contributed by atoms with E-state index in [4.69, 9.17) is 4.98 Å². The summed E-state index contributed by atoms with van der Waals surface area (Å²) < 4.78 is 0. The Kier molecular flexibility index (Phi) is 10.6. The third-order valence-electron chi connectivity index (χ3n) is 13.3. The van der Waals surface area contributed by atoms with Crippen LogP contribution in [-0.4, -0.2) is 106 Å². The van der Waals surface area contributed by atoms with Crippen LogP contribution in [-0.2, 0) is 16.1 Å². The van der Waals surface area contributed by atoms with E-state index in [0.717, 1.165) is 111 Å². The highest BCUT2D eigenvalue weighted by molar-refractivity contribution is 6.23. The number of nitrogens with one attached hydrogen (secondary N) is 3. The molecule has 0 saturated carbocycles. The van der Waals surface area contributed by atoms with Crippen LogP contribution in [0.15, 0.2) is 60.7 Å². The number of hydrogen-bond donors (Lipinski definition) is 3. The van der Waals surface area contributed by atoms with Gasteiger partial charge in [0.25, 0.3) is 17.7 Å². The summed E-state index contributed by atoms with van der Waals surface area (Å²) in [6, 6.07) is 19.0. The minimum Gasteiger partial charge on any atom is -0.371 e. The van der Waals surface area contributed by atoms with E-state index in [0.29, 0.717) is 34.6 Å². The highest BCUT2D eigenvalue weighted by Crippen LogP contribution is 2.34. The number of fused-ring (bicyclic) bond motifs is 2. The van der Waals surface area contributed by atoms with Gasteiger partial charge in [0.15, 0.2) is 0 Å². The molecule has 3 N–H and O–H groups in total. The van der Waals surface area contributed by atoms with Gasteiger partial charge in [-0.05, 0) is 150 Å². The predicted molar refractivity (Wildman–Crippen MR) is 221 cm³/mol. The highest BCUT2D eigenvalue weighted by Gasteiger charge is 2.45. The lowest BCUT2D eigenvalue weighted by atomic mass is 9.88. The molecule has 4 fully saturated rings. The Morgan fingerprint density at radius 2 is 1.60 bits per heavy atom. The summed E-state index contributed by atoms with van der Waals surface area (Å²) in [6.45, 7) is 9.19. The number of piperidine rings is 3. The van der Waals surface area contributed by atoms with Crippen LogP contribution in [0, 0.1) is 5.92 Å². The molecule has 5 aliphatic rings. The van der Waals surface area contributed by atoms with Gasteiger partial charge >= 0.3 is 0 Å². The molecular formula is C45H52N8O5. The molecule has 5 aliphatic heterocycles. The molecule has 2 atom stereocenters. The lowest BCUT2D eigenvalue weighted by Crippen LogP contribution is -2.54. The van der Waals surface area contributed by atoms with Crippen molar-refractivity contribution in [1.29, 1.82) is 0 Å². The zero-order chi connectivity index (χ0) is 39.9. The maximum atomic E-state index is 13.3. The molecule has 1 unspecified atom stereocenters. The van der Waals surface area contributed by atoms with Crippen LogP contribution in [0.25, 0.3) is 11.0 Å². The van der Waals surface area contributed by atoms with E-state index >= 15 is 0 Å². The zero-order valence-corrected chi connectivity index (χ0v) is 33.2. The van der Waals surface area contributed by atoms with E-state index in [1.807, 2.05) is 36.4 Å². The van der Waals surface area contributed by atoms with Crippen LogP contribution in [0.2, 0.25) is 0 Å². The molecule has 302 valence electrons. The quantitative estimate of drug-likeness (QED) is 0.173. The first-order chi connectivity index (χ1) is 28.2. The predicted octanol–water partition coefficient (Wildman–Crippen LogP) is 5.69. The molecule has 4 aromatic rings. The number of anilines is 2. The molecule has 4 saturated heterocycles. The van der Waals surface area contributed by atoms with E-state index in [-0.39, 0.29) is 24.7 Å². The van der Waals surface area contributed by atoms with Crippen molar-refractivity contribution in [3.8, 4) is 0 Å². The fourth-order valence-corrected chi connectivity index (χ4v) is 9.73. The van der Waals surface area contributed by atoms with E-state index in [1.54, 1.807) is 12.1 Å². The number of rotatable bonds is 10. The Labute approximate surface area is 338 Å². The molecule has 6 heterocycles. The third kappa shape index (κ3) is 7.77. The molecule has 1 aromatic heterocycles. The van der Waals surface area contributed by atoms with Crippen LogP contribution < -0.4 is 15.5 Å². The Morgan fingerprint density at radius 3 is 2.34 bits per heavy atom. The summed E-state index contributed by atoms with van der Waals surface area (Å²) in [5.74, 6) is 0.0482. The van der Waals surface area contributed by atoms with Crippen molar-refractivity contribution >= 4 is 51.9 Å². The largest absolute Gasteiger partial charge is 0.371 e. The lowest BCUT2D eigenvalue weighted by Gasteiger charge is -2.36. The van der Waals surface area contributed by atoms with Crippen molar-refractivity contribution in [2.45, 2.75) is 89.3 Å². The van der Waals surface area contributed by atoms with Gasteiger partial charge in [-0.1, -0.05) is 12.1 Å². The number of H-pyrrole nitrogens is 1. The van der Waals surface area contributed by atoms with E-state index < -0.39 is 23.8 Å². The molecule has 3 aromatic carbocycles. The zero-order valence-electron chi connectivity index (χ0n) is 33.2. The van der Waals surface area contributed by atoms with Crippen LogP contribution in [0.3, 0.4) is 0 Å². The Hall–Kier alpha value is -5.40. The number of nitrogens with zero attached hydrogens (tertiary/aromatic N) is 5. The molecule has 0 bridgehead atoms.